The highest BCUT2D eigenvalue weighted by atomic mass is 16.5. The number of hydrogen-bond acceptors (Lipinski definition) is 2. The van der Waals surface area contributed by atoms with Crippen LogP contribution in [0.3, 0.4) is 0 Å². The molecule has 1 aliphatic rings. The molecule has 1 fully saturated rings. The first-order chi connectivity index (χ1) is 7.69. The Balaban J connectivity index is 2.54. The van der Waals surface area contributed by atoms with Crippen LogP contribution in [-0.4, -0.2) is 37.2 Å². The number of nitrogens with zero attached hydrogens (tertiary/aromatic N) is 1. The second-order valence-electron chi connectivity index (χ2n) is 5.42. The van der Waals surface area contributed by atoms with Gasteiger partial charge in [0.05, 0.1) is 13.2 Å². The Morgan fingerprint density at radius 2 is 1.69 bits per heavy atom. The van der Waals surface area contributed by atoms with E-state index in [9.17, 15) is 0 Å². The molecule has 0 saturated carbocycles. The Labute approximate surface area is 101 Å². The van der Waals surface area contributed by atoms with Crippen LogP contribution in [0, 0.1) is 11.8 Å². The average molecular weight is 227 g/mol. The molecule has 2 nitrogen and oxygen atoms in total. The van der Waals surface area contributed by atoms with Crippen molar-refractivity contribution in [3.05, 3.63) is 0 Å². The minimum absolute atomic E-state index is 0.774. The van der Waals surface area contributed by atoms with Crippen molar-refractivity contribution in [2.24, 2.45) is 11.8 Å². The van der Waals surface area contributed by atoms with Crippen LogP contribution in [-0.2, 0) is 4.74 Å². The van der Waals surface area contributed by atoms with Crippen LogP contribution in [0.4, 0.5) is 0 Å². The maximum Gasteiger partial charge on any atom is 0.0594 e. The zero-order valence-corrected chi connectivity index (χ0v) is 11.5. The Hall–Kier alpha value is -0.0800. The smallest absolute Gasteiger partial charge is 0.0594 e. The van der Waals surface area contributed by atoms with Gasteiger partial charge in [0.15, 0.2) is 0 Å². The van der Waals surface area contributed by atoms with Crippen LogP contribution >= 0.6 is 0 Å². The Morgan fingerprint density at radius 1 is 1.06 bits per heavy atom. The summed E-state index contributed by atoms with van der Waals surface area (Å²) < 4.78 is 5.45. The van der Waals surface area contributed by atoms with Gasteiger partial charge in [0, 0.05) is 19.1 Å². The Bertz CT molecular complexity index is 176. The van der Waals surface area contributed by atoms with Crippen LogP contribution in [0.5, 0.6) is 0 Å². The normalized spacial score (nSPS) is 22.3. The van der Waals surface area contributed by atoms with Crippen molar-refractivity contribution in [1.29, 1.82) is 0 Å². The van der Waals surface area contributed by atoms with Crippen molar-refractivity contribution in [3.63, 3.8) is 0 Å². The highest BCUT2D eigenvalue weighted by molar-refractivity contribution is 4.80. The van der Waals surface area contributed by atoms with Crippen LogP contribution in [0.25, 0.3) is 0 Å². The van der Waals surface area contributed by atoms with E-state index >= 15 is 0 Å². The highest BCUT2D eigenvalue weighted by Crippen LogP contribution is 2.25. The lowest BCUT2D eigenvalue weighted by Gasteiger charge is -2.39. The molecule has 0 N–H and O–H groups in total. The fraction of sp³-hybridized carbons (Fsp3) is 1.00. The van der Waals surface area contributed by atoms with Crippen LogP contribution in [0.1, 0.15) is 47.0 Å². The molecule has 1 rings (SSSR count). The van der Waals surface area contributed by atoms with E-state index in [0.29, 0.717) is 0 Å². The lowest BCUT2D eigenvalue weighted by molar-refractivity contribution is -0.00159. The van der Waals surface area contributed by atoms with Gasteiger partial charge in [-0.15, -0.1) is 0 Å². The number of rotatable bonds is 6. The highest BCUT2D eigenvalue weighted by Gasteiger charge is 2.26. The molecule has 1 saturated heterocycles. The third-order valence-electron chi connectivity index (χ3n) is 3.78. The van der Waals surface area contributed by atoms with E-state index in [1.54, 1.807) is 0 Å². The largest absolute Gasteiger partial charge is 0.379 e. The van der Waals surface area contributed by atoms with Gasteiger partial charge in [0.25, 0.3) is 0 Å². The fourth-order valence-electron chi connectivity index (χ4n) is 3.00. The van der Waals surface area contributed by atoms with Crippen molar-refractivity contribution >= 4 is 0 Å². The molecular formula is C14H29NO. The van der Waals surface area contributed by atoms with Crippen molar-refractivity contribution in [2.75, 3.05) is 26.3 Å². The topological polar surface area (TPSA) is 12.5 Å². The van der Waals surface area contributed by atoms with E-state index in [1.165, 1.54) is 19.3 Å². The zero-order chi connectivity index (χ0) is 12.0. The van der Waals surface area contributed by atoms with Gasteiger partial charge in [0.1, 0.15) is 0 Å². The van der Waals surface area contributed by atoms with Gasteiger partial charge < -0.3 is 4.74 Å². The maximum absolute atomic E-state index is 5.45. The van der Waals surface area contributed by atoms with E-state index in [2.05, 4.69) is 32.6 Å². The standard InChI is InChI=1S/C14H29NO/c1-5-13(11-12(3)4)14(6-2)15-7-9-16-10-8-15/h12-14H,5-11H2,1-4H3. The summed E-state index contributed by atoms with van der Waals surface area (Å²) in [7, 11) is 0. The lowest BCUT2D eigenvalue weighted by atomic mass is 9.86. The van der Waals surface area contributed by atoms with E-state index in [1.807, 2.05) is 0 Å². The van der Waals surface area contributed by atoms with Gasteiger partial charge in [-0.25, -0.2) is 0 Å². The molecule has 0 spiro atoms. The van der Waals surface area contributed by atoms with Gasteiger partial charge in [-0.2, -0.15) is 0 Å². The summed E-state index contributed by atoms with van der Waals surface area (Å²) in [6, 6.07) is 0.774. The van der Waals surface area contributed by atoms with Crippen molar-refractivity contribution in [1.82, 2.24) is 4.90 Å². The summed E-state index contributed by atoms with van der Waals surface area (Å²) in [4.78, 5) is 2.65. The summed E-state index contributed by atoms with van der Waals surface area (Å²) in [5.41, 5.74) is 0. The second-order valence-corrected chi connectivity index (χ2v) is 5.42. The first kappa shape index (κ1) is 14.0. The molecular weight excluding hydrogens is 198 g/mol. The maximum atomic E-state index is 5.45. The molecule has 1 aliphatic heterocycles. The number of morpholine rings is 1. The summed E-state index contributed by atoms with van der Waals surface area (Å²) in [6.45, 7) is 13.5. The molecule has 96 valence electrons. The van der Waals surface area contributed by atoms with E-state index in [0.717, 1.165) is 44.2 Å². The van der Waals surface area contributed by atoms with E-state index in [4.69, 9.17) is 4.74 Å². The predicted molar refractivity (Wildman–Crippen MR) is 69.7 cm³/mol. The van der Waals surface area contributed by atoms with Crippen LogP contribution < -0.4 is 0 Å². The predicted octanol–water partition coefficient (Wildman–Crippen LogP) is 3.17. The summed E-state index contributed by atoms with van der Waals surface area (Å²) in [5, 5.41) is 0. The van der Waals surface area contributed by atoms with Crippen molar-refractivity contribution in [3.8, 4) is 0 Å². The molecule has 2 heteroatoms. The monoisotopic (exact) mass is 227 g/mol. The Morgan fingerprint density at radius 3 is 2.12 bits per heavy atom. The molecule has 2 unspecified atom stereocenters. The second kappa shape index (κ2) is 7.29. The number of hydrogen-bond donors (Lipinski definition) is 0. The summed E-state index contributed by atoms with van der Waals surface area (Å²) in [5.74, 6) is 1.68. The molecule has 0 amide bonds. The Kier molecular flexibility index (Phi) is 6.37. The van der Waals surface area contributed by atoms with Gasteiger partial charge in [-0.05, 0) is 24.7 Å². The molecule has 2 atom stereocenters. The van der Waals surface area contributed by atoms with Gasteiger partial charge >= 0.3 is 0 Å². The fourth-order valence-corrected chi connectivity index (χ4v) is 3.00. The summed E-state index contributed by atoms with van der Waals surface area (Å²) >= 11 is 0. The molecule has 0 aromatic heterocycles. The van der Waals surface area contributed by atoms with Crippen molar-refractivity contribution in [2.45, 2.75) is 53.0 Å². The minimum atomic E-state index is 0.774. The first-order valence-corrected chi connectivity index (χ1v) is 7.00. The molecule has 0 radical (unpaired) electrons. The molecule has 0 aromatic rings. The van der Waals surface area contributed by atoms with Gasteiger partial charge in [-0.3, -0.25) is 4.90 Å². The third kappa shape index (κ3) is 4.06. The van der Waals surface area contributed by atoms with E-state index in [-0.39, 0.29) is 0 Å². The zero-order valence-electron chi connectivity index (χ0n) is 11.5. The lowest BCUT2D eigenvalue weighted by Crippen LogP contribution is -2.46. The first-order valence-electron chi connectivity index (χ1n) is 7.00. The SMILES string of the molecule is CCC(CC(C)C)C(CC)N1CCOCC1. The summed E-state index contributed by atoms with van der Waals surface area (Å²) in [6.07, 6.45) is 3.96. The molecule has 0 aromatic carbocycles. The minimum Gasteiger partial charge on any atom is -0.379 e. The van der Waals surface area contributed by atoms with Gasteiger partial charge in [0.2, 0.25) is 0 Å². The average Bonchev–Trinajstić information content (AvgIpc) is 2.29. The van der Waals surface area contributed by atoms with Crippen molar-refractivity contribution < 1.29 is 4.74 Å². The molecule has 16 heavy (non-hydrogen) atoms. The number of ether oxygens (including phenoxy) is 1. The molecule has 1 heterocycles. The van der Waals surface area contributed by atoms with Crippen LogP contribution in [0.15, 0.2) is 0 Å². The van der Waals surface area contributed by atoms with Gasteiger partial charge in [-0.1, -0.05) is 34.1 Å². The molecule has 0 bridgehead atoms. The molecule has 0 aliphatic carbocycles. The third-order valence-corrected chi connectivity index (χ3v) is 3.78. The quantitative estimate of drug-likeness (QED) is 0.691. The van der Waals surface area contributed by atoms with Crippen LogP contribution in [0.2, 0.25) is 0 Å². The van der Waals surface area contributed by atoms with E-state index < -0.39 is 0 Å².